The Labute approximate surface area is 179 Å². The third-order valence-electron chi connectivity index (χ3n) is 6.79. The topological polar surface area (TPSA) is 56.2 Å². The highest BCUT2D eigenvalue weighted by Gasteiger charge is 2.36. The van der Waals surface area contributed by atoms with Gasteiger partial charge in [0, 0.05) is 44.3 Å². The van der Waals surface area contributed by atoms with E-state index in [-0.39, 0.29) is 0 Å². The molecule has 4 rings (SSSR count). The lowest BCUT2D eigenvalue weighted by Crippen LogP contribution is -2.45. The Bertz CT molecular complexity index is 782. The van der Waals surface area contributed by atoms with Crippen LogP contribution in [0.5, 0.6) is 0 Å². The molecule has 0 radical (unpaired) electrons. The van der Waals surface area contributed by atoms with Crippen LogP contribution in [0.2, 0.25) is 0 Å². The lowest BCUT2D eigenvalue weighted by atomic mass is 9.84. The number of anilines is 1. The van der Waals surface area contributed by atoms with Crippen LogP contribution in [0, 0.1) is 0 Å². The summed E-state index contributed by atoms with van der Waals surface area (Å²) in [5.41, 5.74) is 2.65. The first-order chi connectivity index (χ1) is 14.5. The molecular formula is C25H34N2O3. The molecule has 0 bridgehead atoms. The van der Waals surface area contributed by atoms with Crippen LogP contribution in [-0.2, 0) is 4.74 Å². The number of nitrogens with zero attached hydrogens (tertiary/aromatic N) is 2. The maximum Gasteiger partial charge on any atom is 0.0817 e. The molecule has 162 valence electrons. The van der Waals surface area contributed by atoms with Crippen molar-refractivity contribution >= 4 is 5.69 Å². The monoisotopic (exact) mass is 410 g/mol. The van der Waals surface area contributed by atoms with Crippen LogP contribution >= 0.6 is 0 Å². The standard InChI is InChI=1S/C25H34N2O3/c1-20(21-7-9-23(10-8-21)27-15-17-30-18-16-27)26-13-11-25(29,12-14-26)19-24(28)22-5-3-2-4-6-22/h2-10,20,24,28-29H,11-19H2,1H3. The average molecular weight is 411 g/mol. The largest absolute Gasteiger partial charge is 0.390 e. The van der Waals surface area contributed by atoms with Crippen molar-refractivity contribution in [1.29, 1.82) is 0 Å². The normalized spacial score (nSPS) is 21.9. The number of morpholine rings is 1. The van der Waals surface area contributed by atoms with Crippen LogP contribution < -0.4 is 4.90 Å². The number of rotatable bonds is 6. The van der Waals surface area contributed by atoms with Gasteiger partial charge in [0.25, 0.3) is 0 Å². The molecule has 0 aromatic heterocycles. The molecule has 0 saturated carbocycles. The van der Waals surface area contributed by atoms with Crippen LogP contribution in [0.1, 0.15) is 49.5 Å². The predicted molar refractivity (Wildman–Crippen MR) is 120 cm³/mol. The van der Waals surface area contributed by atoms with Crippen molar-refractivity contribution in [2.45, 2.75) is 43.9 Å². The Balaban J connectivity index is 1.32. The lowest BCUT2D eigenvalue weighted by Gasteiger charge is -2.42. The molecule has 0 amide bonds. The van der Waals surface area contributed by atoms with E-state index in [0.717, 1.165) is 45.0 Å². The van der Waals surface area contributed by atoms with Gasteiger partial charge in [-0.2, -0.15) is 0 Å². The summed E-state index contributed by atoms with van der Waals surface area (Å²) in [6, 6.07) is 18.9. The molecule has 2 aliphatic heterocycles. The number of aliphatic hydroxyl groups is 2. The highest BCUT2D eigenvalue weighted by atomic mass is 16.5. The Kier molecular flexibility index (Phi) is 6.74. The van der Waals surface area contributed by atoms with Gasteiger partial charge in [-0.3, -0.25) is 4.90 Å². The second-order valence-electron chi connectivity index (χ2n) is 8.76. The van der Waals surface area contributed by atoms with E-state index in [1.165, 1.54) is 11.3 Å². The molecule has 2 aromatic carbocycles. The van der Waals surface area contributed by atoms with Crippen LogP contribution in [0.25, 0.3) is 0 Å². The van der Waals surface area contributed by atoms with Crippen molar-refractivity contribution in [2.24, 2.45) is 0 Å². The maximum atomic E-state index is 11.1. The first-order valence-corrected chi connectivity index (χ1v) is 11.2. The van der Waals surface area contributed by atoms with Crippen LogP contribution in [-0.4, -0.2) is 60.1 Å². The minimum Gasteiger partial charge on any atom is -0.390 e. The van der Waals surface area contributed by atoms with Crippen LogP contribution in [0.3, 0.4) is 0 Å². The zero-order valence-electron chi connectivity index (χ0n) is 17.9. The van der Waals surface area contributed by atoms with Crippen molar-refractivity contribution in [3.63, 3.8) is 0 Å². The molecule has 2 aromatic rings. The summed E-state index contributed by atoms with van der Waals surface area (Å²) in [7, 11) is 0. The van der Waals surface area contributed by atoms with E-state index >= 15 is 0 Å². The van der Waals surface area contributed by atoms with E-state index in [9.17, 15) is 10.2 Å². The van der Waals surface area contributed by atoms with Crippen molar-refractivity contribution < 1.29 is 14.9 Å². The zero-order chi connectivity index (χ0) is 21.0. The minimum atomic E-state index is -0.800. The van der Waals surface area contributed by atoms with Gasteiger partial charge in [0.15, 0.2) is 0 Å². The van der Waals surface area contributed by atoms with Gasteiger partial charge in [0.1, 0.15) is 0 Å². The maximum absolute atomic E-state index is 11.1. The summed E-state index contributed by atoms with van der Waals surface area (Å²) in [4.78, 5) is 4.81. The molecule has 0 spiro atoms. The summed E-state index contributed by atoms with van der Waals surface area (Å²) in [6.45, 7) is 7.42. The third-order valence-corrected chi connectivity index (χ3v) is 6.79. The van der Waals surface area contributed by atoms with Crippen molar-refractivity contribution in [3.05, 3.63) is 65.7 Å². The van der Waals surface area contributed by atoms with Gasteiger partial charge in [-0.15, -0.1) is 0 Å². The van der Waals surface area contributed by atoms with E-state index in [2.05, 4.69) is 41.0 Å². The SMILES string of the molecule is CC(c1ccc(N2CCOCC2)cc1)N1CCC(O)(CC(O)c2ccccc2)CC1. The molecule has 2 fully saturated rings. The number of benzene rings is 2. The fourth-order valence-electron chi connectivity index (χ4n) is 4.68. The molecule has 2 atom stereocenters. The Hall–Kier alpha value is -1.92. The second-order valence-corrected chi connectivity index (χ2v) is 8.76. The molecule has 30 heavy (non-hydrogen) atoms. The summed E-state index contributed by atoms with van der Waals surface area (Å²) < 4.78 is 5.44. The number of piperidine rings is 1. The molecule has 2 heterocycles. The number of hydrogen-bond acceptors (Lipinski definition) is 5. The molecule has 5 heteroatoms. The molecule has 2 unspecified atom stereocenters. The predicted octanol–water partition coefficient (Wildman–Crippen LogP) is 3.53. The van der Waals surface area contributed by atoms with Gasteiger partial charge in [0.05, 0.1) is 24.9 Å². The number of likely N-dealkylation sites (tertiary alicyclic amines) is 1. The van der Waals surface area contributed by atoms with Crippen LogP contribution in [0.4, 0.5) is 5.69 Å². The van der Waals surface area contributed by atoms with Gasteiger partial charge < -0.3 is 19.8 Å². The summed E-state index contributed by atoms with van der Waals surface area (Å²) in [6.07, 6.45) is 1.15. The fourth-order valence-corrected chi connectivity index (χ4v) is 4.68. The molecule has 2 aliphatic rings. The van der Waals surface area contributed by atoms with Crippen molar-refractivity contribution in [3.8, 4) is 0 Å². The van der Waals surface area contributed by atoms with Crippen molar-refractivity contribution in [1.82, 2.24) is 4.90 Å². The molecule has 5 nitrogen and oxygen atoms in total. The van der Waals surface area contributed by atoms with E-state index in [1.807, 2.05) is 30.3 Å². The Morgan fingerprint density at radius 2 is 1.53 bits per heavy atom. The third kappa shape index (κ3) is 5.03. The smallest absolute Gasteiger partial charge is 0.0817 e. The number of aliphatic hydroxyl groups excluding tert-OH is 1. The molecule has 0 aliphatic carbocycles. The zero-order valence-corrected chi connectivity index (χ0v) is 17.9. The van der Waals surface area contributed by atoms with Gasteiger partial charge in [0.2, 0.25) is 0 Å². The molecule has 2 N–H and O–H groups in total. The summed E-state index contributed by atoms with van der Waals surface area (Å²) in [5, 5.41) is 21.6. The first kappa shape index (κ1) is 21.3. The Morgan fingerprint density at radius 1 is 0.900 bits per heavy atom. The summed E-state index contributed by atoms with van der Waals surface area (Å²) in [5.74, 6) is 0. The minimum absolute atomic E-state index is 0.312. The average Bonchev–Trinajstić information content (AvgIpc) is 2.80. The first-order valence-electron chi connectivity index (χ1n) is 11.2. The van der Waals surface area contributed by atoms with Gasteiger partial charge in [-0.1, -0.05) is 42.5 Å². The van der Waals surface area contributed by atoms with E-state index in [1.54, 1.807) is 0 Å². The number of ether oxygens (including phenoxy) is 1. The molecule has 2 saturated heterocycles. The summed E-state index contributed by atoms with van der Waals surface area (Å²) >= 11 is 0. The second kappa shape index (κ2) is 9.48. The van der Waals surface area contributed by atoms with E-state index in [0.29, 0.717) is 25.3 Å². The highest BCUT2D eigenvalue weighted by Crippen LogP contribution is 2.35. The van der Waals surface area contributed by atoms with Gasteiger partial charge >= 0.3 is 0 Å². The van der Waals surface area contributed by atoms with Crippen LogP contribution in [0.15, 0.2) is 54.6 Å². The lowest BCUT2D eigenvalue weighted by molar-refractivity contribution is -0.0612. The van der Waals surface area contributed by atoms with Gasteiger partial charge in [-0.25, -0.2) is 0 Å². The highest BCUT2D eigenvalue weighted by molar-refractivity contribution is 5.48. The van der Waals surface area contributed by atoms with Gasteiger partial charge in [-0.05, 0) is 43.0 Å². The Morgan fingerprint density at radius 3 is 2.17 bits per heavy atom. The quantitative estimate of drug-likeness (QED) is 0.763. The van der Waals surface area contributed by atoms with E-state index < -0.39 is 11.7 Å². The fraction of sp³-hybridized carbons (Fsp3) is 0.520. The number of hydrogen-bond donors (Lipinski definition) is 2. The van der Waals surface area contributed by atoms with Crippen molar-refractivity contribution in [2.75, 3.05) is 44.3 Å². The molecular weight excluding hydrogens is 376 g/mol. The van der Waals surface area contributed by atoms with E-state index in [4.69, 9.17) is 4.74 Å².